The van der Waals surface area contributed by atoms with Gasteiger partial charge < -0.3 is 10.3 Å². The third-order valence-electron chi connectivity index (χ3n) is 2.53. The molecule has 1 aromatic carbocycles. The Morgan fingerprint density at radius 1 is 1.40 bits per heavy atom. The lowest BCUT2D eigenvalue weighted by Crippen LogP contribution is -2.24. The van der Waals surface area contributed by atoms with E-state index in [-0.39, 0.29) is 17.3 Å². The molecule has 2 rings (SSSR count). The van der Waals surface area contributed by atoms with Crippen molar-refractivity contribution in [1.29, 1.82) is 0 Å². The quantitative estimate of drug-likeness (QED) is 0.770. The van der Waals surface area contributed by atoms with E-state index in [1.165, 1.54) is 6.20 Å². The highest BCUT2D eigenvalue weighted by molar-refractivity contribution is 7.88. The Kier molecular flexibility index (Phi) is 4.48. The van der Waals surface area contributed by atoms with Gasteiger partial charge in [-0.05, 0) is 11.6 Å². The van der Waals surface area contributed by atoms with Crippen molar-refractivity contribution in [2.24, 2.45) is 5.73 Å². The standard InChI is InChI=1S/C12H13N3O3S2/c13-12(19)10-3-1-2-9(6-10)8-20(16,17)15-7-11-4-5-14-18-11/h1-6,15H,7-8H2,(H2,13,19). The molecule has 0 fully saturated rings. The molecule has 0 spiro atoms. The van der Waals surface area contributed by atoms with Gasteiger partial charge in [0.1, 0.15) is 4.99 Å². The summed E-state index contributed by atoms with van der Waals surface area (Å²) >= 11 is 4.86. The van der Waals surface area contributed by atoms with E-state index in [0.29, 0.717) is 16.9 Å². The fraction of sp³-hybridized carbons (Fsp3) is 0.167. The third kappa shape index (κ3) is 4.12. The summed E-state index contributed by atoms with van der Waals surface area (Å²) in [4.78, 5) is 0.235. The molecule has 0 aliphatic heterocycles. The molecule has 0 bridgehead atoms. The number of sulfonamides is 1. The van der Waals surface area contributed by atoms with E-state index in [2.05, 4.69) is 9.88 Å². The number of hydrogen-bond acceptors (Lipinski definition) is 5. The van der Waals surface area contributed by atoms with Gasteiger partial charge in [0.15, 0.2) is 5.76 Å². The smallest absolute Gasteiger partial charge is 0.216 e. The minimum Gasteiger partial charge on any atom is -0.389 e. The fourth-order valence-electron chi connectivity index (χ4n) is 1.60. The fourth-order valence-corrected chi connectivity index (χ4v) is 2.81. The van der Waals surface area contributed by atoms with Crippen LogP contribution < -0.4 is 10.5 Å². The Bertz CT molecular complexity index is 696. The lowest BCUT2D eigenvalue weighted by atomic mass is 10.1. The summed E-state index contributed by atoms with van der Waals surface area (Å²) in [5, 5.41) is 3.50. The zero-order valence-corrected chi connectivity index (χ0v) is 12.1. The van der Waals surface area contributed by atoms with Crippen LogP contribution in [-0.2, 0) is 22.3 Å². The highest BCUT2D eigenvalue weighted by atomic mass is 32.2. The highest BCUT2D eigenvalue weighted by Crippen LogP contribution is 2.09. The van der Waals surface area contributed by atoms with Crippen LogP contribution in [0.4, 0.5) is 0 Å². The molecule has 0 saturated heterocycles. The summed E-state index contributed by atoms with van der Waals surface area (Å²) in [5.41, 5.74) is 6.77. The summed E-state index contributed by atoms with van der Waals surface area (Å²) in [6, 6.07) is 8.41. The average molecular weight is 311 g/mol. The maximum absolute atomic E-state index is 11.9. The van der Waals surface area contributed by atoms with Crippen LogP contribution in [0.25, 0.3) is 0 Å². The van der Waals surface area contributed by atoms with Crippen molar-refractivity contribution in [3.63, 3.8) is 0 Å². The number of aromatic nitrogens is 1. The molecule has 0 radical (unpaired) electrons. The SMILES string of the molecule is NC(=S)c1cccc(CS(=O)(=O)NCc2ccno2)c1. The molecule has 0 unspecified atom stereocenters. The van der Waals surface area contributed by atoms with Crippen molar-refractivity contribution in [2.75, 3.05) is 0 Å². The average Bonchev–Trinajstić information content (AvgIpc) is 2.89. The number of nitrogens with two attached hydrogens (primary N) is 1. The number of nitrogens with one attached hydrogen (secondary N) is 1. The van der Waals surface area contributed by atoms with Gasteiger partial charge in [0.2, 0.25) is 10.0 Å². The van der Waals surface area contributed by atoms with E-state index in [1.807, 2.05) is 0 Å². The lowest BCUT2D eigenvalue weighted by Gasteiger charge is -2.06. The Morgan fingerprint density at radius 3 is 2.85 bits per heavy atom. The van der Waals surface area contributed by atoms with E-state index < -0.39 is 10.0 Å². The lowest BCUT2D eigenvalue weighted by molar-refractivity contribution is 0.380. The molecule has 106 valence electrons. The van der Waals surface area contributed by atoms with Gasteiger partial charge in [0.05, 0.1) is 18.5 Å². The van der Waals surface area contributed by atoms with Gasteiger partial charge in [-0.3, -0.25) is 0 Å². The maximum Gasteiger partial charge on any atom is 0.216 e. The predicted molar refractivity (Wildman–Crippen MR) is 78.3 cm³/mol. The number of rotatable bonds is 6. The van der Waals surface area contributed by atoms with E-state index in [0.717, 1.165) is 0 Å². The molecule has 20 heavy (non-hydrogen) atoms. The van der Waals surface area contributed by atoms with Gasteiger partial charge in [-0.2, -0.15) is 0 Å². The number of hydrogen-bond donors (Lipinski definition) is 2. The van der Waals surface area contributed by atoms with Gasteiger partial charge in [0.25, 0.3) is 0 Å². The van der Waals surface area contributed by atoms with Crippen LogP contribution >= 0.6 is 12.2 Å². The minimum atomic E-state index is -3.48. The van der Waals surface area contributed by atoms with Crippen LogP contribution in [0, 0.1) is 0 Å². The van der Waals surface area contributed by atoms with E-state index in [4.69, 9.17) is 22.5 Å². The Morgan fingerprint density at radius 2 is 2.20 bits per heavy atom. The first kappa shape index (κ1) is 14.6. The van der Waals surface area contributed by atoms with Crippen LogP contribution in [0.3, 0.4) is 0 Å². The van der Waals surface area contributed by atoms with Crippen LogP contribution in [-0.4, -0.2) is 18.6 Å². The topological polar surface area (TPSA) is 98.2 Å². The second kappa shape index (κ2) is 6.12. The normalized spacial score (nSPS) is 11.4. The third-order valence-corrected chi connectivity index (χ3v) is 4.06. The van der Waals surface area contributed by atoms with Crippen LogP contribution in [0.5, 0.6) is 0 Å². The molecule has 3 N–H and O–H groups in total. The molecular weight excluding hydrogens is 298 g/mol. The zero-order chi connectivity index (χ0) is 14.6. The summed E-state index contributed by atoms with van der Waals surface area (Å²) < 4.78 is 31.1. The summed E-state index contributed by atoms with van der Waals surface area (Å²) in [7, 11) is -3.48. The molecule has 6 nitrogen and oxygen atoms in total. The molecule has 8 heteroatoms. The molecule has 1 heterocycles. The second-order valence-electron chi connectivity index (χ2n) is 4.12. The molecule has 0 atom stereocenters. The van der Waals surface area contributed by atoms with E-state index in [9.17, 15) is 8.42 Å². The number of benzene rings is 1. The van der Waals surface area contributed by atoms with Crippen LogP contribution in [0.1, 0.15) is 16.9 Å². The molecular formula is C12H13N3O3S2. The van der Waals surface area contributed by atoms with Crippen molar-refractivity contribution in [3.8, 4) is 0 Å². The van der Waals surface area contributed by atoms with Gasteiger partial charge in [-0.25, -0.2) is 13.1 Å². The molecule has 0 aliphatic carbocycles. The summed E-state index contributed by atoms with van der Waals surface area (Å²) in [6.45, 7) is 0.0668. The number of nitrogens with zero attached hydrogens (tertiary/aromatic N) is 1. The largest absolute Gasteiger partial charge is 0.389 e. The minimum absolute atomic E-state index is 0.0668. The Hall–Kier alpha value is -1.77. The first-order valence-corrected chi connectivity index (χ1v) is 7.78. The summed E-state index contributed by atoms with van der Waals surface area (Å²) in [6.07, 6.45) is 1.45. The highest BCUT2D eigenvalue weighted by Gasteiger charge is 2.13. The van der Waals surface area contributed by atoms with Gasteiger partial charge in [0, 0.05) is 11.6 Å². The van der Waals surface area contributed by atoms with Crippen molar-refractivity contribution < 1.29 is 12.9 Å². The van der Waals surface area contributed by atoms with E-state index in [1.54, 1.807) is 30.3 Å². The second-order valence-corrected chi connectivity index (χ2v) is 6.37. The molecule has 0 amide bonds. The predicted octanol–water partition coefficient (Wildman–Crippen LogP) is 0.928. The molecule has 1 aromatic heterocycles. The summed E-state index contributed by atoms with van der Waals surface area (Å²) in [5.74, 6) is 0.294. The Labute approximate surface area is 122 Å². The monoisotopic (exact) mass is 311 g/mol. The van der Waals surface area contributed by atoms with E-state index >= 15 is 0 Å². The van der Waals surface area contributed by atoms with Crippen molar-refractivity contribution in [3.05, 3.63) is 53.4 Å². The molecule has 0 saturated carbocycles. The molecule has 0 aliphatic rings. The van der Waals surface area contributed by atoms with Crippen molar-refractivity contribution in [2.45, 2.75) is 12.3 Å². The number of thiocarbonyl (C=S) groups is 1. The van der Waals surface area contributed by atoms with Crippen molar-refractivity contribution in [1.82, 2.24) is 9.88 Å². The van der Waals surface area contributed by atoms with Gasteiger partial charge in [-0.1, -0.05) is 35.6 Å². The zero-order valence-electron chi connectivity index (χ0n) is 10.4. The first-order valence-electron chi connectivity index (χ1n) is 5.72. The van der Waals surface area contributed by atoms with Crippen molar-refractivity contribution >= 4 is 27.2 Å². The Balaban J connectivity index is 2.04. The first-order chi connectivity index (χ1) is 9.46. The maximum atomic E-state index is 11.9. The van der Waals surface area contributed by atoms with Gasteiger partial charge in [-0.15, -0.1) is 0 Å². The van der Waals surface area contributed by atoms with Gasteiger partial charge >= 0.3 is 0 Å². The van der Waals surface area contributed by atoms with Crippen LogP contribution in [0.2, 0.25) is 0 Å². The molecule has 2 aromatic rings. The van der Waals surface area contributed by atoms with Crippen LogP contribution in [0.15, 0.2) is 41.1 Å².